The monoisotopic (exact) mass is 261 g/mol. The summed E-state index contributed by atoms with van der Waals surface area (Å²) < 4.78 is 4.64. The first-order valence-corrected chi connectivity index (χ1v) is 5.79. The van der Waals surface area contributed by atoms with Gasteiger partial charge in [0.2, 0.25) is 5.91 Å². The first-order valence-electron chi connectivity index (χ1n) is 5.79. The van der Waals surface area contributed by atoms with Crippen LogP contribution in [-0.2, 0) is 14.3 Å². The number of amides is 1. The van der Waals surface area contributed by atoms with Crippen LogP contribution in [0.2, 0.25) is 0 Å². The van der Waals surface area contributed by atoms with Crippen LogP contribution >= 0.6 is 0 Å². The normalized spacial score (nSPS) is 10.2. The van der Waals surface area contributed by atoms with Crippen LogP contribution in [0.3, 0.4) is 0 Å². The quantitative estimate of drug-likeness (QED) is 0.499. The van der Waals surface area contributed by atoms with Gasteiger partial charge in [-0.3, -0.25) is 9.59 Å². The van der Waals surface area contributed by atoms with Crippen molar-refractivity contribution in [3.05, 3.63) is 41.5 Å². The molecule has 0 atom stereocenters. The molecule has 0 saturated carbocycles. The Morgan fingerprint density at radius 2 is 2.05 bits per heavy atom. The molecule has 0 unspecified atom stereocenters. The van der Waals surface area contributed by atoms with Crippen molar-refractivity contribution in [2.75, 3.05) is 11.9 Å². The summed E-state index contributed by atoms with van der Waals surface area (Å²) in [5, 5.41) is 2.53. The number of carbonyl (C=O) groups excluding carboxylic acids is 3. The van der Waals surface area contributed by atoms with Crippen molar-refractivity contribution in [1.82, 2.24) is 0 Å². The number of nitrogens with one attached hydrogen (secondary N) is 1. The topological polar surface area (TPSA) is 72.5 Å². The molecule has 0 heterocycles. The Hall–Kier alpha value is -2.43. The lowest BCUT2D eigenvalue weighted by Gasteiger charge is -2.07. The van der Waals surface area contributed by atoms with E-state index in [9.17, 15) is 14.4 Å². The Labute approximate surface area is 111 Å². The van der Waals surface area contributed by atoms with Gasteiger partial charge >= 0.3 is 5.97 Å². The molecule has 0 aliphatic rings. The van der Waals surface area contributed by atoms with Crippen LogP contribution in [0.5, 0.6) is 0 Å². The van der Waals surface area contributed by atoms with Crippen molar-refractivity contribution >= 4 is 23.9 Å². The largest absolute Gasteiger partial charge is 0.463 e. The van der Waals surface area contributed by atoms with Crippen molar-refractivity contribution in [3.8, 4) is 0 Å². The number of rotatable bonds is 5. The number of hydrogen-bond donors (Lipinski definition) is 1. The third-order valence-electron chi connectivity index (χ3n) is 2.36. The highest BCUT2D eigenvalue weighted by Crippen LogP contribution is 2.17. The summed E-state index contributed by atoms with van der Waals surface area (Å²) in [6.45, 7) is 3.70. The minimum atomic E-state index is -0.586. The number of carbonyl (C=O) groups is 3. The second kappa shape index (κ2) is 7.10. The van der Waals surface area contributed by atoms with E-state index in [0.717, 1.165) is 17.7 Å². The molecule has 5 nitrogen and oxygen atoms in total. The Morgan fingerprint density at radius 3 is 2.68 bits per heavy atom. The molecule has 1 N–H and O–H groups in total. The van der Waals surface area contributed by atoms with Gasteiger partial charge in [-0.25, -0.2) is 4.79 Å². The van der Waals surface area contributed by atoms with Gasteiger partial charge in [0.05, 0.1) is 12.3 Å². The number of esters is 1. The summed E-state index contributed by atoms with van der Waals surface area (Å²) >= 11 is 0. The third-order valence-corrected chi connectivity index (χ3v) is 2.36. The number of aryl methyl sites for hydroxylation is 1. The highest BCUT2D eigenvalue weighted by molar-refractivity contribution is 6.05. The van der Waals surface area contributed by atoms with Crippen LogP contribution in [0.15, 0.2) is 30.4 Å². The molecule has 0 spiro atoms. The minimum absolute atomic E-state index is 0.248. The lowest BCUT2D eigenvalue weighted by atomic mass is 10.1. The van der Waals surface area contributed by atoms with Crippen LogP contribution < -0.4 is 5.32 Å². The predicted molar refractivity (Wildman–Crippen MR) is 71.0 cm³/mol. The zero-order valence-electron chi connectivity index (χ0n) is 10.8. The Balaban J connectivity index is 2.75. The molecule has 0 bridgehead atoms. The molecule has 0 saturated heterocycles. The maximum absolute atomic E-state index is 11.6. The highest BCUT2D eigenvalue weighted by atomic mass is 16.5. The van der Waals surface area contributed by atoms with Crippen LogP contribution in [0.1, 0.15) is 22.8 Å². The van der Waals surface area contributed by atoms with Crippen molar-refractivity contribution in [2.24, 2.45) is 0 Å². The van der Waals surface area contributed by atoms with Crippen molar-refractivity contribution in [3.63, 3.8) is 0 Å². The molecule has 0 radical (unpaired) electrons. The first-order chi connectivity index (χ1) is 9.08. The number of benzene rings is 1. The van der Waals surface area contributed by atoms with Gasteiger partial charge in [-0.2, -0.15) is 0 Å². The highest BCUT2D eigenvalue weighted by Gasteiger charge is 2.06. The van der Waals surface area contributed by atoms with E-state index in [1.54, 1.807) is 32.0 Å². The Morgan fingerprint density at radius 1 is 1.32 bits per heavy atom. The minimum Gasteiger partial charge on any atom is -0.463 e. The zero-order chi connectivity index (χ0) is 14.3. The van der Waals surface area contributed by atoms with E-state index in [0.29, 0.717) is 17.5 Å². The van der Waals surface area contributed by atoms with Gasteiger partial charge in [-0.15, -0.1) is 0 Å². The second-order valence-electron chi connectivity index (χ2n) is 3.73. The Bertz CT molecular complexity index is 520. The smallest absolute Gasteiger partial charge is 0.330 e. The molecule has 0 aliphatic carbocycles. The number of anilines is 1. The molecule has 100 valence electrons. The Kier molecular flexibility index (Phi) is 5.47. The molecule has 1 aromatic rings. The number of hydrogen-bond acceptors (Lipinski definition) is 4. The summed E-state index contributed by atoms with van der Waals surface area (Å²) in [4.78, 5) is 33.5. The summed E-state index contributed by atoms with van der Waals surface area (Å²) in [6, 6.07) is 5.12. The summed E-state index contributed by atoms with van der Waals surface area (Å²) in [5.74, 6) is -1.08. The fraction of sp³-hybridized carbons (Fsp3) is 0.214. The van der Waals surface area contributed by atoms with Gasteiger partial charge in [0.1, 0.15) is 0 Å². The summed E-state index contributed by atoms with van der Waals surface area (Å²) in [5.41, 5.74) is 1.59. The van der Waals surface area contributed by atoms with Crippen LogP contribution in [0.4, 0.5) is 5.69 Å². The molecule has 0 fully saturated rings. The van der Waals surface area contributed by atoms with Gasteiger partial charge < -0.3 is 10.1 Å². The SMILES string of the molecule is CCOC(=O)/C=C/C(=O)Nc1cccc(C)c1C=O. The van der Waals surface area contributed by atoms with Crippen molar-refractivity contribution in [1.29, 1.82) is 0 Å². The molecular formula is C14H15NO4. The maximum Gasteiger partial charge on any atom is 0.330 e. The molecule has 0 aromatic heterocycles. The van der Waals surface area contributed by atoms with E-state index in [1.807, 2.05) is 0 Å². The fourth-order valence-electron chi connectivity index (χ4n) is 1.45. The lowest BCUT2D eigenvalue weighted by Crippen LogP contribution is -2.11. The second-order valence-corrected chi connectivity index (χ2v) is 3.73. The van der Waals surface area contributed by atoms with Gasteiger partial charge in [0.25, 0.3) is 0 Å². The molecule has 1 aromatic carbocycles. The zero-order valence-corrected chi connectivity index (χ0v) is 10.8. The molecule has 5 heteroatoms. The van der Waals surface area contributed by atoms with Crippen LogP contribution in [0.25, 0.3) is 0 Å². The third kappa shape index (κ3) is 4.39. The predicted octanol–water partition coefficient (Wildman–Crippen LogP) is 1.87. The molecule has 1 amide bonds. The number of aldehydes is 1. The van der Waals surface area contributed by atoms with E-state index in [2.05, 4.69) is 10.1 Å². The summed E-state index contributed by atoms with van der Waals surface area (Å²) in [6.07, 6.45) is 2.78. The van der Waals surface area contributed by atoms with E-state index in [4.69, 9.17) is 0 Å². The number of ether oxygens (including phenoxy) is 1. The van der Waals surface area contributed by atoms with Gasteiger partial charge in [-0.05, 0) is 25.5 Å². The standard InChI is InChI=1S/C14H15NO4/c1-3-19-14(18)8-7-13(17)15-12-6-4-5-10(2)11(12)9-16/h4-9H,3H2,1-2H3,(H,15,17)/b8-7+. The van der Waals surface area contributed by atoms with Gasteiger partial charge in [-0.1, -0.05) is 12.1 Å². The van der Waals surface area contributed by atoms with Crippen LogP contribution in [-0.4, -0.2) is 24.8 Å². The van der Waals surface area contributed by atoms with E-state index in [-0.39, 0.29) is 6.61 Å². The van der Waals surface area contributed by atoms with E-state index < -0.39 is 11.9 Å². The molecule has 1 rings (SSSR count). The van der Waals surface area contributed by atoms with Crippen molar-refractivity contribution in [2.45, 2.75) is 13.8 Å². The molecule has 0 aliphatic heterocycles. The lowest BCUT2D eigenvalue weighted by molar-refractivity contribution is -0.137. The summed E-state index contributed by atoms with van der Waals surface area (Å²) in [7, 11) is 0. The average molecular weight is 261 g/mol. The fourth-order valence-corrected chi connectivity index (χ4v) is 1.45. The van der Waals surface area contributed by atoms with Gasteiger partial charge in [0.15, 0.2) is 6.29 Å². The molecular weight excluding hydrogens is 246 g/mol. The van der Waals surface area contributed by atoms with Crippen molar-refractivity contribution < 1.29 is 19.1 Å². The first kappa shape index (κ1) is 14.6. The van der Waals surface area contributed by atoms with E-state index in [1.165, 1.54) is 0 Å². The van der Waals surface area contributed by atoms with Gasteiger partial charge in [0, 0.05) is 17.7 Å². The average Bonchev–Trinajstić information content (AvgIpc) is 2.37. The van der Waals surface area contributed by atoms with E-state index >= 15 is 0 Å². The maximum atomic E-state index is 11.6. The van der Waals surface area contributed by atoms with Crippen LogP contribution in [0, 0.1) is 6.92 Å². The molecule has 19 heavy (non-hydrogen) atoms.